The molecule has 1 aliphatic heterocycles. The van der Waals surface area contributed by atoms with Crippen LogP contribution in [0.4, 0.5) is 11.6 Å². The lowest BCUT2D eigenvalue weighted by Gasteiger charge is -2.14. The quantitative estimate of drug-likeness (QED) is 0.765. The van der Waals surface area contributed by atoms with Gasteiger partial charge in [-0.3, -0.25) is 9.69 Å². The number of hydrogen-bond donors (Lipinski definition) is 1. The molecule has 1 fully saturated rings. The zero-order valence-electron chi connectivity index (χ0n) is 8.16. The van der Waals surface area contributed by atoms with Gasteiger partial charge in [-0.25, -0.2) is 4.98 Å². The maximum Gasteiger partial charge on any atom is 0.228 e. The van der Waals surface area contributed by atoms with Crippen LogP contribution in [-0.2, 0) is 4.79 Å². The van der Waals surface area contributed by atoms with Crippen LogP contribution in [0.1, 0.15) is 12.8 Å². The van der Waals surface area contributed by atoms with Crippen LogP contribution >= 0.6 is 0 Å². The molecular weight excluding hydrogens is 178 g/mol. The van der Waals surface area contributed by atoms with Crippen molar-refractivity contribution in [3.05, 3.63) is 18.2 Å². The first-order valence-corrected chi connectivity index (χ1v) is 4.76. The van der Waals surface area contributed by atoms with E-state index in [-0.39, 0.29) is 5.91 Å². The van der Waals surface area contributed by atoms with E-state index in [1.54, 1.807) is 4.90 Å². The summed E-state index contributed by atoms with van der Waals surface area (Å²) in [7, 11) is 1.82. The van der Waals surface area contributed by atoms with Crippen LogP contribution in [0, 0.1) is 0 Å². The summed E-state index contributed by atoms with van der Waals surface area (Å²) in [5, 5.41) is 2.96. The Hall–Kier alpha value is -1.58. The second-order valence-corrected chi connectivity index (χ2v) is 3.28. The minimum Gasteiger partial charge on any atom is -0.373 e. The van der Waals surface area contributed by atoms with Crippen molar-refractivity contribution in [2.24, 2.45) is 0 Å². The minimum atomic E-state index is 0.172. The fourth-order valence-corrected chi connectivity index (χ4v) is 1.60. The van der Waals surface area contributed by atoms with Gasteiger partial charge in [0.05, 0.1) is 0 Å². The average molecular weight is 191 g/mol. The number of aromatic nitrogens is 1. The monoisotopic (exact) mass is 191 g/mol. The molecule has 0 aromatic carbocycles. The van der Waals surface area contributed by atoms with E-state index in [4.69, 9.17) is 0 Å². The van der Waals surface area contributed by atoms with Crippen molar-refractivity contribution in [3.8, 4) is 0 Å². The highest BCUT2D eigenvalue weighted by Crippen LogP contribution is 2.20. The summed E-state index contributed by atoms with van der Waals surface area (Å²) >= 11 is 0. The van der Waals surface area contributed by atoms with Crippen molar-refractivity contribution < 1.29 is 4.79 Å². The molecule has 1 aromatic rings. The van der Waals surface area contributed by atoms with Gasteiger partial charge in [0.2, 0.25) is 5.91 Å². The fraction of sp³-hybridized carbons (Fsp3) is 0.400. The third kappa shape index (κ3) is 1.55. The van der Waals surface area contributed by atoms with Gasteiger partial charge in [-0.05, 0) is 18.6 Å². The normalized spacial score (nSPS) is 16.1. The zero-order valence-corrected chi connectivity index (χ0v) is 8.16. The lowest BCUT2D eigenvalue weighted by atomic mass is 10.4. The van der Waals surface area contributed by atoms with Crippen LogP contribution in [0.3, 0.4) is 0 Å². The van der Waals surface area contributed by atoms with E-state index in [0.717, 1.165) is 24.6 Å². The first kappa shape index (κ1) is 8.99. The Balaban J connectivity index is 2.26. The van der Waals surface area contributed by atoms with Crippen molar-refractivity contribution >= 4 is 17.5 Å². The summed E-state index contributed by atoms with van der Waals surface area (Å²) in [6.07, 6.45) is 1.58. The summed E-state index contributed by atoms with van der Waals surface area (Å²) < 4.78 is 0. The molecule has 4 heteroatoms. The molecule has 1 amide bonds. The second kappa shape index (κ2) is 3.65. The Morgan fingerprint density at radius 2 is 2.36 bits per heavy atom. The minimum absolute atomic E-state index is 0.172. The maximum absolute atomic E-state index is 11.4. The fourth-order valence-electron chi connectivity index (χ4n) is 1.60. The molecule has 0 unspecified atom stereocenters. The third-order valence-electron chi connectivity index (χ3n) is 2.34. The Morgan fingerprint density at radius 3 is 3.00 bits per heavy atom. The molecule has 0 spiro atoms. The van der Waals surface area contributed by atoms with Crippen molar-refractivity contribution in [3.63, 3.8) is 0 Å². The van der Waals surface area contributed by atoms with E-state index in [2.05, 4.69) is 10.3 Å². The van der Waals surface area contributed by atoms with E-state index >= 15 is 0 Å². The number of nitrogens with one attached hydrogen (secondary N) is 1. The highest BCUT2D eigenvalue weighted by atomic mass is 16.2. The van der Waals surface area contributed by atoms with E-state index in [9.17, 15) is 4.79 Å². The molecule has 4 nitrogen and oxygen atoms in total. The van der Waals surface area contributed by atoms with Crippen LogP contribution in [0.15, 0.2) is 18.2 Å². The van der Waals surface area contributed by atoms with E-state index in [1.807, 2.05) is 25.2 Å². The number of hydrogen-bond acceptors (Lipinski definition) is 3. The van der Waals surface area contributed by atoms with Gasteiger partial charge in [0, 0.05) is 20.0 Å². The zero-order chi connectivity index (χ0) is 9.97. The Kier molecular flexibility index (Phi) is 2.35. The van der Waals surface area contributed by atoms with Crippen LogP contribution < -0.4 is 10.2 Å². The second-order valence-electron chi connectivity index (χ2n) is 3.28. The summed E-state index contributed by atoms with van der Waals surface area (Å²) in [5.74, 6) is 1.72. The van der Waals surface area contributed by atoms with Gasteiger partial charge in [0.25, 0.3) is 0 Å². The standard InChI is InChI=1S/C10H13N3O/c1-11-8-4-2-5-9(12-8)13-7-3-6-10(13)14/h2,4-5H,3,6-7H2,1H3,(H,11,12). The molecular formula is C10H13N3O. The Morgan fingerprint density at radius 1 is 1.50 bits per heavy atom. The molecule has 0 saturated carbocycles. The molecule has 0 atom stereocenters. The van der Waals surface area contributed by atoms with Gasteiger partial charge in [0.15, 0.2) is 0 Å². The topological polar surface area (TPSA) is 45.2 Å². The van der Waals surface area contributed by atoms with E-state index in [1.165, 1.54) is 0 Å². The smallest absolute Gasteiger partial charge is 0.228 e. The van der Waals surface area contributed by atoms with Gasteiger partial charge in [0.1, 0.15) is 11.6 Å². The Bertz CT molecular complexity index is 351. The number of rotatable bonds is 2. The molecule has 2 rings (SSSR count). The first-order valence-electron chi connectivity index (χ1n) is 4.76. The van der Waals surface area contributed by atoms with Gasteiger partial charge in [-0.15, -0.1) is 0 Å². The van der Waals surface area contributed by atoms with Crippen molar-refractivity contribution in [1.82, 2.24) is 4.98 Å². The predicted molar refractivity (Wildman–Crippen MR) is 55.4 cm³/mol. The number of pyridine rings is 1. The summed E-state index contributed by atoms with van der Waals surface area (Å²) in [6, 6.07) is 5.65. The van der Waals surface area contributed by atoms with Crippen molar-refractivity contribution in [1.29, 1.82) is 0 Å². The molecule has 0 radical (unpaired) electrons. The molecule has 74 valence electrons. The molecule has 1 aromatic heterocycles. The number of carbonyl (C=O) groups is 1. The van der Waals surface area contributed by atoms with Crippen LogP contribution in [0.2, 0.25) is 0 Å². The summed E-state index contributed by atoms with van der Waals surface area (Å²) in [6.45, 7) is 0.791. The van der Waals surface area contributed by atoms with Crippen molar-refractivity contribution in [2.45, 2.75) is 12.8 Å². The van der Waals surface area contributed by atoms with Gasteiger partial charge in [-0.2, -0.15) is 0 Å². The summed E-state index contributed by atoms with van der Waals surface area (Å²) in [5.41, 5.74) is 0. The van der Waals surface area contributed by atoms with E-state index in [0.29, 0.717) is 6.42 Å². The number of carbonyl (C=O) groups excluding carboxylic acids is 1. The Labute approximate surface area is 82.9 Å². The molecule has 14 heavy (non-hydrogen) atoms. The molecule has 1 N–H and O–H groups in total. The average Bonchev–Trinajstić information content (AvgIpc) is 2.65. The SMILES string of the molecule is CNc1cccc(N2CCCC2=O)n1. The van der Waals surface area contributed by atoms with E-state index < -0.39 is 0 Å². The lowest BCUT2D eigenvalue weighted by Crippen LogP contribution is -2.24. The third-order valence-corrected chi connectivity index (χ3v) is 2.34. The molecule has 0 aliphatic carbocycles. The van der Waals surface area contributed by atoms with Crippen molar-refractivity contribution in [2.75, 3.05) is 23.8 Å². The highest BCUT2D eigenvalue weighted by Gasteiger charge is 2.22. The largest absolute Gasteiger partial charge is 0.373 e. The maximum atomic E-state index is 11.4. The molecule has 0 bridgehead atoms. The van der Waals surface area contributed by atoms with Crippen LogP contribution in [0.25, 0.3) is 0 Å². The van der Waals surface area contributed by atoms with Crippen LogP contribution in [0.5, 0.6) is 0 Å². The molecule has 1 saturated heterocycles. The van der Waals surface area contributed by atoms with Gasteiger partial charge in [-0.1, -0.05) is 6.07 Å². The number of nitrogens with zero attached hydrogens (tertiary/aromatic N) is 2. The van der Waals surface area contributed by atoms with Gasteiger partial charge >= 0.3 is 0 Å². The lowest BCUT2D eigenvalue weighted by molar-refractivity contribution is -0.117. The molecule has 1 aliphatic rings. The number of anilines is 2. The van der Waals surface area contributed by atoms with Crippen LogP contribution in [-0.4, -0.2) is 24.5 Å². The summed E-state index contributed by atoms with van der Waals surface area (Å²) in [4.78, 5) is 17.5. The predicted octanol–water partition coefficient (Wildman–Crippen LogP) is 1.25. The molecule has 2 heterocycles. The first-order chi connectivity index (χ1) is 6.81. The highest BCUT2D eigenvalue weighted by molar-refractivity contribution is 5.94. The number of amides is 1. The van der Waals surface area contributed by atoms with Gasteiger partial charge < -0.3 is 5.32 Å².